The topological polar surface area (TPSA) is 84.1 Å². The lowest BCUT2D eigenvalue weighted by molar-refractivity contribution is -0.116. The lowest BCUT2D eigenvalue weighted by Crippen LogP contribution is -2.31. The average Bonchev–Trinajstić information content (AvgIpc) is 2.64. The zero-order valence-electron chi connectivity index (χ0n) is 14.0. The van der Waals surface area contributed by atoms with Gasteiger partial charge in [-0.05, 0) is 17.7 Å². The number of benzene rings is 1. The van der Waals surface area contributed by atoms with Crippen molar-refractivity contribution < 1.29 is 9.53 Å². The van der Waals surface area contributed by atoms with Gasteiger partial charge in [0.15, 0.2) is 5.16 Å². The summed E-state index contributed by atoms with van der Waals surface area (Å²) in [7, 11) is 0. The summed E-state index contributed by atoms with van der Waals surface area (Å²) in [5.74, 6) is 3.42. The van der Waals surface area contributed by atoms with E-state index in [0.29, 0.717) is 28.0 Å². The number of aromatic nitrogens is 2. The van der Waals surface area contributed by atoms with E-state index in [9.17, 15) is 9.59 Å². The number of rotatable bonds is 6. The van der Waals surface area contributed by atoms with Crippen LogP contribution in [0.2, 0.25) is 0 Å². The molecule has 0 saturated heterocycles. The van der Waals surface area contributed by atoms with E-state index in [1.165, 1.54) is 11.8 Å². The molecule has 1 aromatic carbocycles. The van der Waals surface area contributed by atoms with Crippen LogP contribution >= 0.6 is 11.8 Å². The third-order valence-corrected chi connectivity index (χ3v) is 4.74. The molecule has 3 rings (SSSR count). The van der Waals surface area contributed by atoms with Crippen LogP contribution in [-0.4, -0.2) is 28.2 Å². The van der Waals surface area contributed by atoms with Crippen molar-refractivity contribution >= 4 is 23.5 Å². The third-order valence-electron chi connectivity index (χ3n) is 3.87. The molecule has 0 spiro atoms. The molecule has 0 fully saturated rings. The number of carbonyl (C=O) groups is 1. The lowest BCUT2D eigenvalue weighted by atomic mass is 9.87. The number of terminal acetylenes is 1. The largest absolute Gasteiger partial charge is 0.481 e. The van der Waals surface area contributed by atoms with Gasteiger partial charge < -0.3 is 15.0 Å². The number of hydrogen-bond donors (Lipinski definition) is 2. The number of amides is 1. The van der Waals surface area contributed by atoms with Crippen molar-refractivity contribution in [2.45, 2.75) is 17.5 Å². The van der Waals surface area contributed by atoms with E-state index in [2.05, 4.69) is 27.8 Å². The molecular weight excluding hydrogens is 350 g/mol. The van der Waals surface area contributed by atoms with Crippen molar-refractivity contribution in [3.63, 3.8) is 0 Å². The molecule has 26 heavy (non-hydrogen) atoms. The Bertz CT molecular complexity index is 929. The molecule has 1 aliphatic rings. The summed E-state index contributed by atoms with van der Waals surface area (Å²) in [5, 5.41) is 3.15. The molecule has 2 heterocycles. The second kappa shape index (κ2) is 7.93. The molecule has 2 aromatic rings. The zero-order valence-corrected chi connectivity index (χ0v) is 14.8. The second-order valence-corrected chi connectivity index (χ2v) is 6.61. The van der Waals surface area contributed by atoms with Gasteiger partial charge in [-0.1, -0.05) is 35.9 Å². The van der Waals surface area contributed by atoms with Gasteiger partial charge >= 0.3 is 0 Å². The zero-order chi connectivity index (χ0) is 18.5. The van der Waals surface area contributed by atoms with Crippen molar-refractivity contribution in [3.8, 4) is 18.1 Å². The Kier molecular flexibility index (Phi) is 5.44. The van der Waals surface area contributed by atoms with E-state index in [4.69, 9.17) is 11.2 Å². The summed E-state index contributed by atoms with van der Waals surface area (Å²) in [5.41, 5.74) is 1.05. The Morgan fingerprint density at radius 2 is 2.15 bits per heavy atom. The fourth-order valence-electron chi connectivity index (χ4n) is 2.76. The second-order valence-electron chi connectivity index (χ2n) is 5.60. The van der Waals surface area contributed by atoms with Crippen molar-refractivity contribution in [3.05, 3.63) is 58.4 Å². The summed E-state index contributed by atoms with van der Waals surface area (Å²) in [6.07, 6.45) is 7.08. The maximum Gasteiger partial charge on any atom is 0.257 e. The van der Waals surface area contributed by atoms with E-state index < -0.39 is 0 Å². The maximum atomic E-state index is 12.6. The Morgan fingerprint density at radius 3 is 2.85 bits per heavy atom. The van der Waals surface area contributed by atoms with Crippen LogP contribution in [0.15, 0.2) is 46.9 Å². The van der Waals surface area contributed by atoms with Crippen molar-refractivity contribution in [2.75, 3.05) is 17.7 Å². The molecule has 2 N–H and O–H groups in total. The monoisotopic (exact) mass is 367 g/mol. The van der Waals surface area contributed by atoms with Crippen LogP contribution in [0.3, 0.4) is 0 Å². The first-order chi connectivity index (χ1) is 12.6. The number of nitrogens with one attached hydrogen (secondary N) is 2. The minimum atomic E-state index is -0.366. The van der Waals surface area contributed by atoms with E-state index in [0.717, 1.165) is 5.56 Å². The van der Waals surface area contributed by atoms with E-state index in [-0.39, 0.29) is 30.4 Å². The quantitative estimate of drug-likeness (QED) is 0.355. The molecule has 0 radical (unpaired) electrons. The highest BCUT2D eigenvalue weighted by Gasteiger charge is 2.30. The van der Waals surface area contributed by atoms with E-state index in [1.807, 2.05) is 12.1 Å². The highest BCUT2D eigenvalue weighted by molar-refractivity contribution is 7.99. The number of fused-ring (bicyclic) bond motifs is 1. The van der Waals surface area contributed by atoms with Crippen LogP contribution < -0.4 is 15.6 Å². The average molecular weight is 367 g/mol. The van der Waals surface area contributed by atoms with Gasteiger partial charge in [0.1, 0.15) is 18.2 Å². The molecule has 1 amide bonds. The highest BCUT2D eigenvalue weighted by Crippen LogP contribution is 2.35. The Hall–Kier alpha value is -2.98. The van der Waals surface area contributed by atoms with Crippen LogP contribution in [0, 0.1) is 12.3 Å². The van der Waals surface area contributed by atoms with E-state index in [1.54, 1.807) is 18.2 Å². The molecule has 132 valence electrons. The number of aromatic amines is 1. The van der Waals surface area contributed by atoms with Crippen LogP contribution in [-0.2, 0) is 4.79 Å². The summed E-state index contributed by atoms with van der Waals surface area (Å²) in [6, 6.07) is 7.21. The van der Waals surface area contributed by atoms with Gasteiger partial charge in [0, 0.05) is 18.1 Å². The number of anilines is 1. The van der Waals surface area contributed by atoms with Gasteiger partial charge in [0.05, 0.1) is 5.56 Å². The van der Waals surface area contributed by atoms with Gasteiger partial charge in [-0.15, -0.1) is 13.0 Å². The Morgan fingerprint density at radius 1 is 1.38 bits per heavy atom. The predicted molar refractivity (Wildman–Crippen MR) is 102 cm³/mol. The fourth-order valence-corrected chi connectivity index (χ4v) is 3.36. The van der Waals surface area contributed by atoms with Gasteiger partial charge in [-0.25, -0.2) is 4.98 Å². The third kappa shape index (κ3) is 3.81. The molecule has 1 aliphatic heterocycles. The van der Waals surface area contributed by atoms with Crippen LogP contribution in [0.1, 0.15) is 23.5 Å². The minimum Gasteiger partial charge on any atom is -0.481 e. The van der Waals surface area contributed by atoms with Crippen molar-refractivity contribution in [1.29, 1.82) is 0 Å². The Labute approximate surface area is 155 Å². The molecule has 0 bridgehead atoms. The number of nitrogens with zero attached hydrogens (tertiary/aromatic N) is 1. The SMILES string of the molecule is C#CCOc1ccc(C2CC(=O)Nc3nc(SCC=C)[nH]c(=O)c32)cc1. The molecule has 0 aliphatic carbocycles. The Balaban J connectivity index is 1.95. The van der Waals surface area contributed by atoms with Crippen LogP contribution in [0.4, 0.5) is 5.82 Å². The fraction of sp³-hybridized carbons (Fsp3) is 0.211. The normalized spacial score (nSPS) is 15.5. The van der Waals surface area contributed by atoms with Crippen LogP contribution in [0.5, 0.6) is 5.75 Å². The maximum absolute atomic E-state index is 12.6. The molecule has 7 heteroatoms. The summed E-state index contributed by atoms with van der Waals surface area (Å²) in [6.45, 7) is 3.83. The standard InChI is InChI=1S/C19H17N3O3S/c1-3-9-25-13-7-5-12(6-8-13)14-11-15(23)20-17-16(14)18(24)22-19(21-17)26-10-4-2/h1,4-8,14H,2,9-11H2,(H2,20,21,22,23,24). The number of ether oxygens (including phenoxy) is 1. The number of H-pyrrole nitrogens is 1. The van der Waals surface area contributed by atoms with Crippen molar-refractivity contribution in [2.24, 2.45) is 0 Å². The number of carbonyl (C=O) groups excluding carboxylic acids is 1. The van der Waals surface area contributed by atoms with Gasteiger partial charge in [0.2, 0.25) is 5.91 Å². The first-order valence-corrected chi connectivity index (χ1v) is 8.95. The predicted octanol–water partition coefficient (Wildman–Crippen LogP) is 2.53. The van der Waals surface area contributed by atoms with Gasteiger partial charge in [-0.2, -0.15) is 0 Å². The van der Waals surface area contributed by atoms with Gasteiger partial charge in [-0.3, -0.25) is 9.59 Å². The van der Waals surface area contributed by atoms with E-state index >= 15 is 0 Å². The minimum absolute atomic E-state index is 0.173. The summed E-state index contributed by atoms with van der Waals surface area (Å²) < 4.78 is 5.36. The molecule has 1 atom stereocenters. The summed E-state index contributed by atoms with van der Waals surface area (Å²) >= 11 is 1.35. The first kappa shape index (κ1) is 17.8. The number of hydrogen-bond acceptors (Lipinski definition) is 5. The molecule has 1 aromatic heterocycles. The smallest absolute Gasteiger partial charge is 0.257 e. The molecule has 6 nitrogen and oxygen atoms in total. The molecule has 1 unspecified atom stereocenters. The molecule has 0 saturated carbocycles. The van der Waals surface area contributed by atoms with Crippen LogP contribution in [0.25, 0.3) is 0 Å². The number of thioether (sulfide) groups is 1. The lowest BCUT2D eigenvalue weighted by Gasteiger charge is -2.24. The van der Waals surface area contributed by atoms with Gasteiger partial charge in [0.25, 0.3) is 5.56 Å². The highest BCUT2D eigenvalue weighted by atomic mass is 32.2. The van der Waals surface area contributed by atoms with Crippen molar-refractivity contribution in [1.82, 2.24) is 9.97 Å². The summed E-state index contributed by atoms with van der Waals surface area (Å²) in [4.78, 5) is 31.9. The first-order valence-electron chi connectivity index (χ1n) is 7.96. The molecular formula is C19H17N3O3S.